The average Bonchev–Trinajstić information content (AvgIpc) is 3.43. The largest absolute Gasteiger partial charge is 0.310 e. The molecule has 1 aliphatic carbocycles. The SMILES string of the molecule is CC1(C)c2ccccc2-c2cc(N(c3ccc(-c4ccccc4)cc3)c3cc4ccccc4c4cc(-c5ccc6ccccc6c5)ccc34)ccc21. The van der Waals surface area contributed by atoms with E-state index in [1.807, 2.05) is 0 Å². The normalized spacial score (nSPS) is 13.0. The molecule has 246 valence electrons. The van der Waals surface area contributed by atoms with Gasteiger partial charge in [-0.25, -0.2) is 0 Å². The summed E-state index contributed by atoms with van der Waals surface area (Å²) in [7, 11) is 0. The van der Waals surface area contributed by atoms with Crippen molar-refractivity contribution in [3.8, 4) is 33.4 Å². The van der Waals surface area contributed by atoms with E-state index >= 15 is 0 Å². The first-order valence-corrected chi connectivity index (χ1v) is 18.2. The van der Waals surface area contributed by atoms with Gasteiger partial charge in [0.1, 0.15) is 0 Å². The number of benzene rings is 9. The Morgan fingerprint density at radius 1 is 0.346 bits per heavy atom. The molecule has 0 heterocycles. The molecule has 0 spiro atoms. The summed E-state index contributed by atoms with van der Waals surface area (Å²) in [6, 6.07) is 69.3. The molecular formula is C51H37N. The van der Waals surface area contributed by atoms with Crippen molar-refractivity contribution < 1.29 is 0 Å². The van der Waals surface area contributed by atoms with E-state index in [4.69, 9.17) is 0 Å². The Hall–Kier alpha value is -6.44. The number of rotatable bonds is 5. The Labute approximate surface area is 305 Å². The molecule has 1 nitrogen and oxygen atoms in total. The van der Waals surface area contributed by atoms with Crippen LogP contribution in [0.1, 0.15) is 25.0 Å². The molecule has 0 aromatic heterocycles. The van der Waals surface area contributed by atoms with Crippen molar-refractivity contribution in [2.24, 2.45) is 0 Å². The van der Waals surface area contributed by atoms with Crippen LogP contribution in [0.4, 0.5) is 17.1 Å². The van der Waals surface area contributed by atoms with E-state index in [2.05, 4.69) is 207 Å². The highest BCUT2D eigenvalue weighted by Gasteiger charge is 2.35. The summed E-state index contributed by atoms with van der Waals surface area (Å²) in [6.45, 7) is 4.70. The molecule has 9 aromatic rings. The Kier molecular flexibility index (Phi) is 6.91. The number of anilines is 3. The third-order valence-electron chi connectivity index (χ3n) is 11.2. The van der Waals surface area contributed by atoms with E-state index in [1.165, 1.54) is 76.8 Å². The van der Waals surface area contributed by atoms with Gasteiger partial charge >= 0.3 is 0 Å². The van der Waals surface area contributed by atoms with E-state index in [-0.39, 0.29) is 5.41 Å². The van der Waals surface area contributed by atoms with Crippen LogP contribution in [-0.4, -0.2) is 0 Å². The Morgan fingerprint density at radius 3 is 1.81 bits per heavy atom. The van der Waals surface area contributed by atoms with Gasteiger partial charge in [-0.3, -0.25) is 0 Å². The zero-order valence-electron chi connectivity index (χ0n) is 29.3. The summed E-state index contributed by atoms with van der Waals surface area (Å²) < 4.78 is 0. The van der Waals surface area contributed by atoms with Gasteiger partial charge in [0.25, 0.3) is 0 Å². The molecular weight excluding hydrogens is 627 g/mol. The van der Waals surface area contributed by atoms with Crippen LogP contribution < -0.4 is 4.90 Å². The van der Waals surface area contributed by atoms with Gasteiger partial charge in [0.15, 0.2) is 0 Å². The van der Waals surface area contributed by atoms with Gasteiger partial charge in [-0.15, -0.1) is 0 Å². The summed E-state index contributed by atoms with van der Waals surface area (Å²) in [5.74, 6) is 0. The van der Waals surface area contributed by atoms with Gasteiger partial charge in [0.2, 0.25) is 0 Å². The molecule has 0 aliphatic heterocycles. The topological polar surface area (TPSA) is 3.24 Å². The molecule has 1 heteroatoms. The van der Waals surface area contributed by atoms with Gasteiger partial charge < -0.3 is 4.90 Å². The zero-order chi connectivity index (χ0) is 34.8. The van der Waals surface area contributed by atoms with Crippen LogP contribution in [0.25, 0.3) is 65.7 Å². The quantitative estimate of drug-likeness (QED) is 0.166. The van der Waals surface area contributed by atoms with Crippen LogP contribution in [0.2, 0.25) is 0 Å². The lowest BCUT2D eigenvalue weighted by Crippen LogP contribution is -2.15. The molecule has 1 aliphatic rings. The fourth-order valence-electron chi connectivity index (χ4n) is 8.53. The second-order valence-electron chi connectivity index (χ2n) is 14.6. The first-order chi connectivity index (χ1) is 25.5. The molecule has 0 saturated heterocycles. The lowest BCUT2D eigenvalue weighted by Gasteiger charge is -2.29. The minimum absolute atomic E-state index is 0.0541. The predicted octanol–water partition coefficient (Wildman–Crippen LogP) is 14.3. The summed E-state index contributed by atoms with van der Waals surface area (Å²) >= 11 is 0. The van der Waals surface area contributed by atoms with E-state index < -0.39 is 0 Å². The maximum Gasteiger partial charge on any atom is 0.0546 e. The van der Waals surface area contributed by atoms with Crippen LogP contribution in [0, 0.1) is 0 Å². The van der Waals surface area contributed by atoms with E-state index in [9.17, 15) is 0 Å². The van der Waals surface area contributed by atoms with Crippen LogP contribution in [-0.2, 0) is 5.41 Å². The molecule has 0 N–H and O–H groups in total. The maximum atomic E-state index is 2.47. The van der Waals surface area contributed by atoms with Crippen LogP contribution in [0.3, 0.4) is 0 Å². The van der Waals surface area contributed by atoms with Gasteiger partial charge in [0.05, 0.1) is 5.69 Å². The molecule has 0 unspecified atom stereocenters. The molecule has 0 saturated carbocycles. The van der Waals surface area contributed by atoms with Gasteiger partial charge in [-0.2, -0.15) is 0 Å². The third-order valence-corrected chi connectivity index (χ3v) is 11.2. The molecule has 0 amide bonds. The standard InChI is InChI=1S/C51H37N/c1-51(2)48-19-11-10-18-44(48)47-33-42(27-29-49(47)51)52(41-25-22-36(23-26-41)34-12-4-3-5-13-34)50-32-40-16-8-9-17-43(40)46-31-39(24-28-45(46)50)38-21-20-35-14-6-7-15-37(35)30-38/h3-33H,1-2H3. The van der Waals surface area contributed by atoms with Crippen LogP contribution in [0.15, 0.2) is 188 Å². The number of nitrogens with zero attached hydrogens (tertiary/aromatic N) is 1. The predicted molar refractivity (Wildman–Crippen MR) is 222 cm³/mol. The van der Waals surface area contributed by atoms with Crippen molar-refractivity contribution in [1.82, 2.24) is 0 Å². The summed E-state index contributed by atoms with van der Waals surface area (Å²) in [6.07, 6.45) is 0. The summed E-state index contributed by atoms with van der Waals surface area (Å²) in [5, 5.41) is 7.46. The van der Waals surface area contributed by atoms with Crippen molar-refractivity contribution in [1.29, 1.82) is 0 Å². The van der Waals surface area contributed by atoms with Crippen molar-refractivity contribution in [3.63, 3.8) is 0 Å². The third kappa shape index (κ3) is 4.85. The molecule has 52 heavy (non-hydrogen) atoms. The zero-order valence-corrected chi connectivity index (χ0v) is 29.3. The van der Waals surface area contributed by atoms with Gasteiger partial charge in [-0.1, -0.05) is 159 Å². The lowest BCUT2D eigenvalue weighted by molar-refractivity contribution is 0.660. The Morgan fingerprint density at radius 2 is 0.962 bits per heavy atom. The van der Waals surface area contributed by atoms with Crippen molar-refractivity contribution >= 4 is 49.4 Å². The monoisotopic (exact) mass is 663 g/mol. The first kappa shape index (κ1) is 30.4. The van der Waals surface area contributed by atoms with Crippen molar-refractivity contribution in [2.75, 3.05) is 4.90 Å². The van der Waals surface area contributed by atoms with Gasteiger partial charge in [0, 0.05) is 22.2 Å². The first-order valence-electron chi connectivity index (χ1n) is 18.2. The molecule has 9 aromatic carbocycles. The Bertz CT molecular complexity index is 2810. The molecule has 0 bridgehead atoms. The maximum absolute atomic E-state index is 2.47. The summed E-state index contributed by atoms with van der Waals surface area (Å²) in [5.41, 5.74) is 13.6. The fourth-order valence-corrected chi connectivity index (χ4v) is 8.53. The minimum Gasteiger partial charge on any atom is -0.310 e. The van der Waals surface area contributed by atoms with E-state index in [1.54, 1.807) is 0 Å². The van der Waals surface area contributed by atoms with Crippen molar-refractivity contribution in [2.45, 2.75) is 19.3 Å². The number of fused-ring (bicyclic) bond motifs is 7. The number of hydrogen-bond donors (Lipinski definition) is 0. The fraction of sp³-hybridized carbons (Fsp3) is 0.0588. The molecule has 10 rings (SSSR count). The second-order valence-corrected chi connectivity index (χ2v) is 14.6. The lowest BCUT2D eigenvalue weighted by atomic mass is 9.82. The smallest absolute Gasteiger partial charge is 0.0546 e. The summed E-state index contributed by atoms with van der Waals surface area (Å²) in [4.78, 5) is 2.47. The number of hydrogen-bond acceptors (Lipinski definition) is 1. The highest BCUT2D eigenvalue weighted by atomic mass is 15.1. The van der Waals surface area contributed by atoms with E-state index in [0.29, 0.717) is 0 Å². The minimum atomic E-state index is -0.0541. The van der Waals surface area contributed by atoms with Crippen LogP contribution in [0.5, 0.6) is 0 Å². The second kappa shape index (κ2) is 11.8. The van der Waals surface area contributed by atoms with Gasteiger partial charge in [-0.05, 0) is 114 Å². The highest BCUT2D eigenvalue weighted by molar-refractivity contribution is 6.15. The van der Waals surface area contributed by atoms with E-state index in [0.717, 1.165) is 17.1 Å². The Balaban J connectivity index is 1.21. The molecule has 0 atom stereocenters. The molecule has 0 fully saturated rings. The highest BCUT2D eigenvalue weighted by Crippen LogP contribution is 2.51. The van der Waals surface area contributed by atoms with Crippen LogP contribution >= 0.6 is 0 Å². The van der Waals surface area contributed by atoms with Crippen molar-refractivity contribution in [3.05, 3.63) is 199 Å². The molecule has 0 radical (unpaired) electrons. The average molecular weight is 664 g/mol.